The van der Waals surface area contributed by atoms with Crippen molar-refractivity contribution in [2.24, 2.45) is 0 Å². The molecule has 1 aliphatic rings. The number of ether oxygens (including phenoxy) is 2. The zero-order valence-electron chi connectivity index (χ0n) is 18.7. The number of hydrogen-bond donors (Lipinski definition) is 4. The van der Waals surface area contributed by atoms with Crippen molar-refractivity contribution in [3.05, 3.63) is 48.7 Å². The number of urea groups is 1. The minimum atomic E-state index is -0.226. The molecule has 9 heteroatoms. The van der Waals surface area contributed by atoms with Gasteiger partial charge in [0.1, 0.15) is 11.5 Å². The van der Waals surface area contributed by atoms with Crippen LogP contribution in [0.2, 0.25) is 0 Å². The lowest BCUT2D eigenvalue weighted by Gasteiger charge is -2.15. The van der Waals surface area contributed by atoms with Gasteiger partial charge < -0.3 is 31.2 Å². The third-order valence-corrected chi connectivity index (χ3v) is 5.53. The van der Waals surface area contributed by atoms with E-state index in [2.05, 4.69) is 25.9 Å². The van der Waals surface area contributed by atoms with Crippen molar-refractivity contribution in [3.8, 4) is 22.8 Å². The van der Waals surface area contributed by atoms with Gasteiger partial charge in [-0.05, 0) is 43.2 Å². The van der Waals surface area contributed by atoms with E-state index in [0.29, 0.717) is 40.2 Å². The monoisotopic (exact) mass is 448 g/mol. The zero-order valence-corrected chi connectivity index (χ0v) is 18.7. The van der Waals surface area contributed by atoms with Crippen molar-refractivity contribution < 1.29 is 14.3 Å². The summed E-state index contributed by atoms with van der Waals surface area (Å²) in [4.78, 5) is 21.3. The Balaban J connectivity index is 1.51. The molecule has 1 aromatic heterocycles. The largest absolute Gasteiger partial charge is 0.497 e. The van der Waals surface area contributed by atoms with Gasteiger partial charge in [0, 0.05) is 41.3 Å². The smallest absolute Gasteiger partial charge is 0.319 e. The number of nitrogens with one attached hydrogen (secondary N) is 3. The van der Waals surface area contributed by atoms with Crippen LogP contribution in [0.3, 0.4) is 0 Å². The lowest BCUT2D eigenvalue weighted by molar-refractivity contribution is 0.248. The summed E-state index contributed by atoms with van der Waals surface area (Å²) in [6.45, 7) is 0. The van der Waals surface area contributed by atoms with Crippen molar-refractivity contribution in [2.45, 2.75) is 31.7 Å². The molecule has 2 amide bonds. The number of rotatable bonds is 7. The number of methoxy groups -OCH3 is 2. The Kier molecular flexibility index (Phi) is 6.77. The zero-order chi connectivity index (χ0) is 23.2. The maximum absolute atomic E-state index is 12.4. The van der Waals surface area contributed by atoms with E-state index in [1.165, 1.54) is 0 Å². The van der Waals surface area contributed by atoms with Gasteiger partial charge in [0.25, 0.3) is 0 Å². The molecule has 9 nitrogen and oxygen atoms in total. The molecular formula is C24H28N6O3. The highest BCUT2D eigenvalue weighted by molar-refractivity contribution is 5.90. The fourth-order valence-electron chi connectivity index (χ4n) is 3.89. The standard InChI is InChI=1S/C24H28N6O3/c1-32-19-13-17(12-18(14-19)29-24(31)28-16-5-3-4-6-16)27-23-26-10-9-21(30-23)15-7-8-22(33-2)20(25)11-15/h7-14,16H,3-6,25H2,1-2H3,(H,26,27,30)(H2,28,29,31). The van der Waals surface area contributed by atoms with Gasteiger partial charge in [-0.25, -0.2) is 14.8 Å². The van der Waals surface area contributed by atoms with Crippen molar-refractivity contribution in [1.82, 2.24) is 15.3 Å². The normalized spacial score (nSPS) is 13.4. The summed E-state index contributed by atoms with van der Waals surface area (Å²) in [7, 11) is 3.15. The van der Waals surface area contributed by atoms with Gasteiger partial charge in [0.05, 0.1) is 25.6 Å². The van der Waals surface area contributed by atoms with Crippen molar-refractivity contribution >= 4 is 29.0 Å². The quantitative estimate of drug-likeness (QED) is 0.391. The van der Waals surface area contributed by atoms with Crippen LogP contribution in [0.4, 0.5) is 27.8 Å². The minimum Gasteiger partial charge on any atom is -0.497 e. The van der Waals surface area contributed by atoms with E-state index in [-0.39, 0.29) is 12.1 Å². The first kappa shape index (κ1) is 22.2. The molecule has 3 aromatic rings. The summed E-state index contributed by atoms with van der Waals surface area (Å²) in [5.41, 5.74) is 9.39. The average Bonchev–Trinajstić information content (AvgIpc) is 3.31. The highest BCUT2D eigenvalue weighted by Gasteiger charge is 2.17. The average molecular weight is 449 g/mol. The van der Waals surface area contributed by atoms with Crippen molar-refractivity contribution in [1.29, 1.82) is 0 Å². The predicted octanol–water partition coefficient (Wildman–Crippen LogP) is 4.55. The molecule has 1 saturated carbocycles. The van der Waals surface area contributed by atoms with Gasteiger partial charge in [0.15, 0.2) is 0 Å². The van der Waals surface area contributed by atoms with E-state index in [0.717, 1.165) is 31.2 Å². The number of aromatic nitrogens is 2. The number of benzene rings is 2. The van der Waals surface area contributed by atoms with E-state index < -0.39 is 0 Å². The third-order valence-electron chi connectivity index (χ3n) is 5.53. The minimum absolute atomic E-state index is 0.226. The summed E-state index contributed by atoms with van der Waals surface area (Å²) in [6.07, 6.45) is 6.01. The van der Waals surface area contributed by atoms with Crippen LogP contribution in [0.1, 0.15) is 25.7 Å². The molecule has 172 valence electrons. The molecule has 0 saturated heterocycles. The molecule has 0 bridgehead atoms. The fraction of sp³-hybridized carbons (Fsp3) is 0.292. The molecule has 0 spiro atoms. The maximum atomic E-state index is 12.4. The Morgan fingerprint density at radius 3 is 2.55 bits per heavy atom. The summed E-state index contributed by atoms with van der Waals surface area (Å²) in [5, 5.41) is 9.09. The van der Waals surface area contributed by atoms with Crippen LogP contribution in [0.15, 0.2) is 48.7 Å². The second-order valence-electron chi connectivity index (χ2n) is 7.88. The van der Waals surface area contributed by atoms with E-state index in [4.69, 9.17) is 15.2 Å². The molecule has 1 aliphatic carbocycles. The number of amides is 2. The number of nitrogen functional groups attached to an aromatic ring is 1. The van der Waals surface area contributed by atoms with E-state index in [1.54, 1.807) is 44.7 Å². The van der Waals surface area contributed by atoms with Crippen molar-refractivity contribution in [2.75, 3.05) is 30.6 Å². The molecule has 0 radical (unpaired) electrons. The summed E-state index contributed by atoms with van der Waals surface area (Å²) in [5.74, 6) is 1.60. The van der Waals surface area contributed by atoms with Crippen LogP contribution in [0, 0.1) is 0 Å². The molecule has 5 N–H and O–H groups in total. The van der Waals surface area contributed by atoms with Gasteiger partial charge in [0.2, 0.25) is 5.95 Å². The number of carbonyl (C=O) groups excluding carboxylic acids is 1. The first-order valence-corrected chi connectivity index (χ1v) is 10.8. The lowest BCUT2D eigenvalue weighted by atomic mass is 10.1. The number of nitrogens with zero attached hydrogens (tertiary/aromatic N) is 2. The Labute approximate surface area is 192 Å². The lowest BCUT2D eigenvalue weighted by Crippen LogP contribution is -2.36. The Hall–Kier alpha value is -4.01. The Bertz CT molecular complexity index is 1130. The second kappa shape index (κ2) is 10.1. The second-order valence-corrected chi connectivity index (χ2v) is 7.88. The highest BCUT2D eigenvalue weighted by atomic mass is 16.5. The molecule has 0 aliphatic heterocycles. The molecule has 33 heavy (non-hydrogen) atoms. The van der Waals surface area contributed by atoms with Crippen LogP contribution >= 0.6 is 0 Å². The number of carbonyl (C=O) groups is 1. The highest BCUT2D eigenvalue weighted by Crippen LogP contribution is 2.29. The van der Waals surface area contributed by atoms with E-state index in [1.807, 2.05) is 18.2 Å². The molecule has 0 atom stereocenters. The van der Waals surface area contributed by atoms with Crippen LogP contribution < -0.4 is 31.2 Å². The third kappa shape index (κ3) is 5.62. The van der Waals surface area contributed by atoms with Gasteiger partial charge in [-0.15, -0.1) is 0 Å². The number of nitrogens with two attached hydrogens (primary N) is 1. The topological polar surface area (TPSA) is 123 Å². The first-order valence-electron chi connectivity index (χ1n) is 10.8. The van der Waals surface area contributed by atoms with Crippen LogP contribution in [-0.2, 0) is 0 Å². The van der Waals surface area contributed by atoms with Crippen LogP contribution in [0.25, 0.3) is 11.3 Å². The molecule has 1 heterocycles. The number of anilines is 4. The summed E-state index contributed by atoms with van der Waals surface area (Å²) < 4.78 is 10.6. The van der Waals surface area contributed by atoms with E-state index in [9.17, 15) is 4.79 Å². The van der Waals surface area contributed by atoms with Gasteiger partial charge in [-0.1, -0.05) is 12.8 Å². The predicted molar refractivity (Wildman–Crippen MR) is 129 cm³/mol. The molecule has 2 aromatic carbocycles. The van der Waals surface area contributed by atoms with Gasteiger partial charge in [-0.2, -0.15) is 0 Å². The molecule has 0 unspecified atom stereocenters. The SMILES string of the molecule is COc1cc(NC(=O)NC2CCCC2)cc(Nc2nccc(-c3ccc(OC)c(N)c3)n2)c1. The van der Waals surface area contributed by atoms with Crippen LogP contribution in [0.5, 0.6) is 11.5 Å². The van der Waals surface area contributed by atoms with Gasteiger partial charge >= 0.3 is 6.03 Å². The van der Waals surface area contributed by atoms with Gasteiger partial charge in [-0.3, -0.25) is 0 Å². The summed E-state index contributed by atoms with van der Waals surface area (Å²) in [6, 6.07) is 12.7. The Morgan fingerprint density at radius 1 is 1.03 bits per heavy atom. The first-order chi connectivity index (χ1) is 16.0. The number of hydrogen-bond acceptors (Lipinski definition) is 7. The van der Waals surface area contributed by atoms with Crippen molar-refractivity contribution in [3.63, 3.8) is 0 Å². The fourth-order valence-corrected chi connectivity index (χ4v) is 3.89. The molecule has 1 fully saturated rings. The molecule has 4 rings (SSSR count). The van der Waals surface area contributed by atoms with E-state index >= 15 is 0 Å². The summed E-state index contributed by atoms with van der Waals surface area (Å²) >= 11 is 0. The maximum Gasteiger partial charge on any atom is 0.319 e. The Morgan fingerprint density at radius 2 is 1.82 bits per heavy atom. The molecular weight excluding hydrogens is 420 g/mol. The van der Waals surface area contributed by atoms with Crippen LogP contribution in [-0.4, -0.2) is 36.3 Å².